The van der Waals surface area contributed by atoms with Crippen molar-refractivity contribution in [1.29, 1.82) is 0 Å². The molecule has 0 saturated carbocycles. The van der Waals surface area contributed by atoms with Crippen molar-refractivity contribution < 1.29 is 19.2 Å². The van der Waals surface area contributed by atoms with E-state index >= 15 is 0 Å². The minimum absolute atomic E-state index is 0.216. The number of hydrogen-bond donors (Lipinski definition) is 0. The lowest BCUT2D eigenvalue weighted by Gasteiger charge is -2.11. The second-order valence-corrected chi connectivity index (χ2v) is 8.82. The molecular weight excluding hydrogens is 476 g/mol. The molecule has 0 N–H and O–H groups in total. The summed E-state index contributed by atoms with van der Waals surface area (Å²) < 4.78 is 0. The fraction of sp³-hybridized carbons (Fsp3) is 0. The molecule has 0 aliphatic carbocycles. The van der Waals surface area contributed by atoms with Crippen molar-refractivity contribution in [3.05, 3.63) is 132 Å². The molecule has 6 nitrogen and oxygen atoms in total. The second kappa shape index (κ2) is 9.26. The van der Waals surface area contributed by atoms with Crippen molar-refractivity contribution in [2.45, 2.75) is 0 Å². The van der Waals surface area contributed by atoms with E-state index < -0.39 is 23.1 Å². The van der Waals surface area contributed by atoms with Gasteiger partial charge in [-0.15, -0.1) is 0 Å². The Morgan fingerprint density at radius 1 is 0.395 bits per heavy atom. The van der Waals surface area contributed by atoms with Crippen molar-refractivity contribution in [3.63, 3.8) is 0 Å². The molecule has 0 saturated heterocycles. The maximum Gasteiger partial charge on any atom is 0.233 e. The maximum atomic E-state index is 13.1. The van der Waals surface area contributed by atoms with E-state index in [1.54, 1.807) is 109 Å². The number of carbonyl (C=O) groups excluding carboxylic acids is 4. The number of benzene rings is 5. The minimum atomic E-state index is -0.642. The molecular formula is C32H18N2O4. The highest BCUT2D eigenvalue weighted by Gasteiger charge is 2.22. The highest BCUT2D eigenvalue weighted by Crippen LogP contribution is 2.34. The first-order valence-corrected chi connectivity index (χ1v) is 11.9. The van der Waals surface area contributed by atoms with Crippen LogP contribution in [0, 0.1) is 0 Å². The van der Waals surface area contributed by atoms with Crippen LogP contribution in [-0.2, 0) is 0 Å². The molecule has 0 aliphatic rings. The standard InChI is InChI=1S/C32H18N2O4/c35-29(19-7-3-1-4-8-19)31(37)21-11-13-23-25(17-21)26-18-22(32(38)30(36)20-9-5-2-6-10-20)12-14-24(26)28-27(23)33-15-16-34-28/h1-18H. The summed E-state index contributed by atoms with van der Waals surface area (Å²) in [6, 6.07) is 26.7. The first-order chi connectivity index (χ1) is 18.5. The van der Waals surface area contributed by atoms with Gasteiger partial charge in [0, 0.05) is 45.4 Å². The van der Waals surface area contributed by atoms with Gasteiger partial charge in [0.15, 0.2) is 0 Å². The van der Waals surface area contributed by atoms with Crippen molar-refractivity contribution in [2.75, 3.05) is 0 Å². The van der Waals surface area contributed by atoms with E-state index in [9.17, 15) is 19.2 Å². The fourth-order valence-corrected chi connectivity index (χ4v) is 4.67. The molecule has 6 rings (SSSR count). The predicted octanol–water partition coefficient (Wildman–Crippen LogP) is 6.07. The molecule has 6 aromatic rings. The summed E-state index contributed by atoms with van der Waals surface area (Å²) in [5.41, 5.74) is 2.30. The normalized spacial score (nSPS) is 11.1. The molecule has 0 fully saturated rings. The third-order valence-corrected chi connectivity index (χ3v) is 6.55. The minimum Gasteiger partial charge on any atom is -0.285 e. The monoisotopic (exact) mass is 494 g/mol. The van der Waals surface area contributed by atoms with E-state index in [1.807, 2.05) is 0 Å². The van der Waals surface area contributed by atoms with Crippen molar-refractivity contribution in [3.8, 4) is 0 Å². The summed E-state index contributed by atoms with van der Waals surface area (Å²) in [6.45, 7) is 0. The molecule has 0 unspecified atom stereocenters. The molecule has 180 valence electrons. The lowest BCUT2D eigenvalue weighted by Crippen LogP contribution is -2.14. The number of hydrogen-bond acceptors (Lipinski definition) is 6. The van der Waals surface area contributed by atoms with E-state index in [-0.39, 0.29) is 11.1 Å². The second-order valence-electron chi connectivity index (χ2n) is 8.82. The Morgan fingerprint density at radius 2 is 0.763 bits per heavy atom. The van der Waals surface area contributed by atoms with Gasteiger partial charge in [-0.1, -0.05) is 84.9 Å². The molecule has 1 heterocycles. The Morgan fingerprint density at radius 3 is 1.16 bits per heavy atom. The molecule has 6 heteroatoms. The van der Waals surface area contributed by atoms with E-state index in [0.29, 0.717) is 43.7 Å². The van der Waals surface area contributed by atoms with E-state index in [0.717, 1.165) is 0 Å². The number of Topliss-reactive ketones (excluding diaryl/α,β-unsaturated/α-hetero) is 4. The number of fused-ring (bicyclic) bond motifs is 6. The van der Waals surface area contributed by atoms with E-state index in [4.69, 9.17) is 0 Å². The Kier molecular flexibility index (Phi) is 5.62. The van der Waals surface area contributed by atoms with Crippen molar-refractivity contribution in [1.82, 2.24) is 9.97 Å². The topological polar surface area (TPSA) is 94.1 Å². The lowest BCUT2D eigenvalue weighted by atomic mass is 9.92. The molecule has 5 aromatic carbocycles. The van der Waals surface area contributed by atoms with Gasteiger partial charge in [-0.3, -0.25) is 29.1 Å². The van der Waals surface area contributed by atoms with Crippen LogP contribution in [0.1, 0.15) is 41.4 Å². The summed E-state index contributed by atoms with van der Waals surface area (Å²) >= 11 is 0. The van der Waals surface area contributed by atoms with Crippen LogP contribution < -0.4 is 0 Å². The third-order valence-electron chi connectivity index (χ3n) is 6.55. The van der Waals surface area contributed by atoms with Crippen LogP contribution in [0.2, 0.25) is 0 Å². The molecule has 0 radical (unpaired) electrons. The largest absolute Gasteiger partial charge is 0.285 e. The summed E-state index contributed by atoms with van der Waals surface area (Å²) in [4.78, 5) is 61.0. The van der Waals surface area contributed by atoms with Gasteiger partial charge in [0.2, 0.25) is 23.1 Å². The maximum absolute atomic E-state index is 13.1. The van der Waals surface area contributed by atoms with E-state index in [2.05, 4.69) is 9.97 Å². The molecule has 1 aromatic heterocycles. The number of carbonyl (C=O) groups is 4. The number of nitrogens with zero attached hydrogens (tertiary/aromatic N) is 2. The first kappa shape index (κ1) is 23.1. The van der Waals surface area contributed by atoms with Crippen molar-refractivity contribution in [2.24, 2.45) is 0 Å². The van der Waals surface area contributed by atoms with Crippen molar-refractivity contribution >= 4 is 55.7 Å². The van der Waals surface area contributed by atoms with Crippen LogP contribution in [0.25, 0.3) is 32.6 Å². The zero-order valence-electron chi connectivity index (χ0n) is 19.9. The van der Waals surface area contributed by atoms with Gasteiger partial charge in [0.25, 0.3) is 0 Å². The zero-order chi connectivity index (χ0) is 26.2. The number of ketones is 4. The molecule has 0 amide bonds. The van der Waals surface area contributed by atoms with Crippen LogP contribution in [0.3, 0.4) is 0 Å². The SMILES string of the molecule is O=C(C(=O)c1ccc2c(c1)c1cc(C(=O)C(=O)c3ccccc3)ccc1c1nccnc21)c1ccccc1. The summed E-state index contributed by atoms with van der Waals surface area (Å²) in [5.74, 6) is -2.51. The van der Waals surface area contributed by atoms with Crippen LogP contribution in [0.15, 0.2) is 109 Å². The van der Waals surface area contributed by atoms with Gasteiger partial charge in [0.1, 0.15) is 0 Å². The van der Waals surface area contributed by atoms with Crippen LogP contribution in [0.5, 0.6) is 0 Å². The van der Waals surface area contributed by atoms with Crippen LogP contribution in [0.4, 0.5) is 0 Å². The predicted molar refractivity (Wildman–Crippen MR) is 145 cm³/mol. The highest BCUT2D eigenvalue weighted by molar-refractivity contribution is 6.50. The van der Waals surface area contributed by atoms with Gasteiger partial charge < -0.3 is 0 Å². The lowest BCUT2D eigenvalue weighted by molar-refractivity contribution is 0.0817. The summed E-state index contributed by atoms with van der Waals surface area (Å²) in [6.07, 6.45) is 3.17. The fourth-order valence-electron chi connectivity index (χ4n) is 4.67. The molecule has 0 aliphatic heterocycles. The molecule has 0 bridgehead atoms. The van der Waals surface area contributed by atoms with Gasteiger partial charge in [-0.05, 0) is 22.9 Å². The molecule has 0 atom stereocenters. The average molecular weight is 495 g/mol. The highest BCUT2D eigenvalue weighted by atomic mass is 16.2. The molecule has 38 heavy (non-hydrogen) atoms. The van der Waals surface area contributed by atoms with Gasteiger partial charge in [-0.2, -0.15) is 0 Å². The molecule has 0 spiro atoms. The van der Waals surface area contributed by atoms with Gasteiger partial charge >= 0.3 is 0 Å². The third kappa shape index (κ3) is 3.85. The van der Waals surface area contributed by atoms with Gasteiger partial charge in [0.05, 0.1) is 11.0 Å². The quantitative estimate of drug-likeness (QED) is 0.159. The van der Waals surface area contributed by atoms with Crippen LogP contribution >= 0.6 is 0 Å². The van der Waals surface area contributed by atoms with Crippen LogP contribution in [-0.4, -0.2) is 33.1 Å². The zero-order valence-corrected chi connectivity index (χ0v) is 19.9. The Labute approximate surface area is 216 Å². The van der Waals surface area contributed by atoms with E-state index in [1.165, 1.54) is 0 Å². The van der Waals surface area contributed by atoms with Gasteiger partial charge in [-0.25, -0.2) is 0 Å². The number of rotatable bonds is 6. The Balaban J connectivity index is 1.54. The summed E-state index contributed by atoms with van der Waals surface area (Å²) in [7, 11) is 0. The Hall–Kier alpha value is -5.36. The average Bonchev–Trinajstić information content (AvgIpc) is 3.00. The smallest absolute Gasteiger partial charge is 0.233 e. The number of aromatic nitrogens is 2. The first-order valence-electron chi connectivity index (χ1n) is 11.9. The Bertz CT molecular complexity index is 1790. The summed E-state index contributed by atoms with van der Waals surface area (Å²) in [5, 5.41) is 2.68.